The van der Waals surface area contributed by atoms with Crippen LogP contribution in [0.25, 0.3) is 11.0 Å². The summed E-state index contributed by atoms with van der Waals surface area (Å²) in [4.78, 5) is 23.8. The fourth-order valence-corrected chi connectivity index (χ4v) is 2.78. The largest absolute Gasteiger partial charge is 0.457 e. The predicted octanol–water partition coefficient (Wildman–Crippen LogP) is 4.15. The molecule has 1 aromatic heterocycles. The Hall–Kier alpha value is -2.31. The summed E-state index contributed by atoms with van der Waals surface area (Å²) in [5, 5.41) is 1.12. The number of nitrogens with two attached hydrogens (primary N) is 1. The highest BCUT2D eigenvalue weighted by molar-refractivity contribution is 9.10. The Morgan fingerprint density at radius 2 is 2.00 bits per heavy atom. The van der Waals surface area contributed by atoms with Crippen molar-refractivity contribution in [3.63, 3.8) is 0 Å². The van der Waals surface area contributed by atoms with Crippen LogP contribution in [0, 0.1) is 0 Å². The summed E-state index contributed by atoms with van der Waals surface area (Å²) in [6, 6.07) is 11.1. The van der Waals surface area contributed by atoms with Gasteiger partial charge in [-0.25, -0.2) is 9.59 Å². The van der Waals surface area contributed by atoms with E-state index in [4.69, 9.17) is 26.5 Å². The Kier molecular flexibility index (Phi) is 4.59. The summed E-state index contributed by atoms with van der Waals surface area (Å²) < 4.78 is 11.2. The third-order valence-electron chi connectivity index (χ3n) is 3.38. The lowest BCUT2D eigenvalue weighted by atomic mass is 10.1. The lowest BCUT2D eigenvalue weighted by molar-refractivity contribution is 0.0475. The Morgan fingerprint density at radius 3 is 2.75 bits per heavy atom. The van der Waals surface area contributed by atoms with Crippen molar-refractivity contribution in [2.24, 2.45) is 0 Å². The molecule has 122 valence electrons. The summed E-state index contributed by atoms with van der Waals surface area (Å²) in [7, 11) is 0. The average molecular weight is 409 g/mol. The van der Waals surface area contributed by atoms with E-state index in [2.05, 4.69) is 15.9 Å². The summed E-state index contributed by atoms with van der Waals surface area (Å²) in [5.41, 5.74) is 6.66. The molecule has 0 radical (unpaired) electrons. The normalized spacial score (nSPS) is 10.8. The van der Waals surface area contributed by atoms with Crippen molar-refractivity contribution in [1.29, 1.82) is 0 Å². The number of anilines is 1. The fourth-order valence-electron chi connectivity index (χ4n) is 2.26. The second kappa shape index (κ2) is 6.67. The minimum atomic E-state index is -0.595. The number of carbonyl (C=O) groups excluding carboxylic acids is 1. The zero-order valence-electron chi connectivity index (χ0n) is 12.2. The quantitative estimate of drug-likeness (QED) is 0.400. The van der Waals surface area contributed by atoms with Crippen LogP contribution in [-0.2, 0) is 11.3 Å². The van der Waals surface area contributed by atoms with Crippen molar-refractivity contribution in [2.75, 3.05) is 5.73 Å². The molecule has 0 amide bonds. The Morgan fingerprint density at radius 1 is 1.21 bits per heavy atom. The Bertz CT molecular complexity index is 1000. The third-order valence-corrected chi connectivity index (χ3v) is 4.11. The maximum absolute atomic E-state index is 12.2. The van der Waals surface area contributed by atoms with Crippen LogP contribution in [0.1, 0.15) is 15.9 Å². The number of ether oxygens (including phenoxy) is 1. The Balaban J connectivity index is 1.88. The molecule has 0 bridgehead atoms. The van der Waals surface area contributed by atoms with Gasteiger partial charge in [-0.05, 0) is 36.4 Å². The Labute approximate surface area is 150 Å². The van der Waals surface area contributed by atoms with Crippen molar-refractivity contribution >= 4 is 50.2 Å². The van der Waals surface area contributed by atoms with Gasteiger partial charge in [0.25, 0.3) is 0 Å². The maximum Gasteiger partial charge on any atom is 0.340 e. The monoisotopic (exact) mass is 407 g/mol. The van der Waals surface area contributed by atoms with E-state index >= 15 is 0 Å². The smallest absolute Gasteiger partial charge is 0.340 e. The molecule has 0 unspecified atom stereocenters. The van der Waals surface area contributed by atoms with Crippen molar-refractivity contribution in [1.82, 2.24) is 0 Å². The highest BCUT2D eigenvalue weighted by Crippen LogP contribution is 2.23. The summed E-state index contributed by atoms with van der Waals surface area (Å²) in [6.07, 6.45) is 0. The van der Waals surface area contributed by atoms with Crippen LogP contribution in [0.5, 0.6) is 0 Å². The molecule has 2 N–H and O–H groups in total. The predicted molar refractivity (Wildman–Crippen MR) is 95.2 cm³/mol. The van der Waals surface area contributed by atoms with Gasteiger partial charge < -0.3 is 14.9 Å². The number of hydrogen-bond donors (Lipinski definition) is 1. The molecule has 0 atom stereocenters. The minimum absolute atomic E-state index is 0.0787. The molecule has 0 spiro atoms. The first-order chi connectivity index (χ1) is 11.4. The van der Waals surface area contributed by atoms with Crippen LogP contribution in [0.3, 0.4) is 0 Å². The van der Waals surface area contributed by atoms with Gasteiger partial charge in [-0.3, -0.25) is 0 Å². The van der Waals surface area contributed by atoms with E-state index in [0.717, 1.165) is 4.47 Å². The maximum atomic E-state index is 12.2. The fraction of sp³-hybridized carbons (Fsp3) is 0.0588. The van der Waals surface area contributed by atoms with E-state index in [1.165, 1.54) is 18.2 Å². The van der Waals surface area contributed by atoms with Gasteiger partial charge in [-0.1, -0.05) is 27.5 Å². The summed E-state index contributed by atoms with van der Waals surface area (Å²) in [6.45, 7) is -0.0787. The number of fused-ring (bicyclic) bond motifs is 1. The molecule has 0 fully saturated rings. The number of halogens is 2. The molecule has 0 saturated carbocycles. The molecule has 1 heterocycles. The lowest BCUT2D eigenvalue weighted by Gasteiger charge is -2.09. The molecule has 0 aliphatic rings. The number of benzene rings is 2. The van der Waals surface area contributed by atoms with Crippen LogP contribution >= 0.6 is 27.5 Å². The molecule has 5 nitrogen and oxygen atoms in total. The molecule has 0 saturated heterocycles. The van der Waals surface area contributed by atoms with Crippen molar-refractivity contribution in [3.05, 3.63) is 73.5 Å². The van der Waals surface area contributed by atoms with Crippen molar-refractivity contribution in [3.8, 4) is 0 Å². The number of carbonyl (C=O) groups is 1. The van der Waals surface area contributed by atoms with Gasteiger partial charge in [-0.15, -0.1) is 0 Å². The van der Waals surface area contributed by atoms with Crippen LogP contribution in [0.15, 0.2) is 56.1 Å². The lowest BCUT2D eigenvalue weighted by Crippen LogP contribution is -2.10. The topological polar surface area (TPSA) is 82.5 Å². The second-order valence-electron chi connectivity index (χ2n) is 5.04. The zero-order valence-corrected chi connectivity index (χ0v) is 14.6. The number of esters is 1. The first-order valence-corrected chi connectivity index (χ1v) is 8.05. The van der Waals surface area contributed by atoms with E-state index in [-0.39, 0.29) is 17.9 Å². The minimum Gasteiger partial charge on any atom is -0.457 e. The first kappa shape index (κ1) is 16.5. The SMILES string of the molecule is Nc1cc(Cl)ccc1C(=O)OCc1cc(=O)oc2cc(Br)ccc12. The number of hydrogen-bond acceptors (Lipinski definition) is 5. The average Bonchev–Trinajstić information content (AvgIpc) is 2.51. The van der Waals surface area contributed by atoms with Crippen LogP contribution < -0.4 is 11.4 Å². The zero-order chi connectivity index (χ0) is 17.3. The molecule has 24 heavy (non-hydrogen) atoms. The third kappa shape index (κ3) is 3.44. The van der Waals surface area contributed by atoms with E-state index < -0.39 is 11.6 Å². The van der Waals surface area contributed by atoms with Gasteiger partial charge in [-0.2, -0.15) is 0 Å². The van der Waals surface area contributed by atoms with E-state index in [9.17, 15) is 9.59 Å². The highest BCUT2D eigenvalue weighted by Gasteiger charge is 2.13. The van der Waals surface area contributed by atoms with Gasteiger partial charge in [0.1, 0.15) is 12.2 Å². The molecule has 3 rings (SSSR count). The molecule has 7 heteroatoms. The van der Waals surface area contributed by atoms with E-state index in [1.54, 1.807) is 18.2 Å². The number of rotatable bonds is 3. The van der Waals surface area contributed by atoms with Gasteiger partial charge in [0.15, 0.2) is 0 Å². The highest BCUT2D eigenvalue weighted by atomic mass is 79.9. The first-order valence-electron chi connectivity index (χ1n) is 6.88. The van der Waals surface area contributed by atoms with Gasteiger partial charge in [0.2, 0.25) is 0 Å². The van der Waals surface area contributed by atoms with E-state index in [1.807, 2.05) is 6.07 Å². The second-order valence-corrected chi connectivity index (χ2v) is 6.39. The standard InChI is InChI=1S/C17H11BrClNO4/c18-10-1-3-12-9(5-16(21)24-15(12)6-10)8-23-17(22)13-4-2-11(19)7-14(13)20/h1-7H,8,20H2. The molecular weight excluding hydrogens is 398 g/mol. The summed E-state index contributed by atoms with van der Waals surface area (Å²) in [5.74, 6) is -0.595. The molecule has 0 aliphatic carbocycles. The van der Waals surface area contributed by atoms with E-state index in [0.29, 0.717) is 21.6 Å². The summed E-state index contributed by atoms with van der Waals surface area (Å²) >= 11 is 9.13. The van der Waals surface area contributed by atoms with Gasteiger partial charge in [0, 0.05) is 32.2 Å². The van der Waals surface area contributed by atoms with Gasteiger partial charge >= 0.3 is 11.6 Å². The molecule has 3 aromatic rings. The van der Waals surface area contributed by atoms with Crippen LogP contribution in [0.2, 0.25) is 5.02 Å². The van der Waals surface area contributed by atoms with Crippen LogP contribution in [0.4, 0.5) is 5.69 Å². The van der Waals surface area contributed by atoms with Crippen molar-refractivity contribution < 1.29 is 13.9 Å². The van der Waals surface area contributed by atoms with Crippen LogP contribution in [-0.4, -0.2) is 5.97 Å². The molecular formula is C17H11BrClNO4. The van der Waals surface area contributed by atoms with Gasteiger partial charge in [0.05, 0.1) is 5.56 Å². The molecule has 0 aliphatic heterocycles. The number of nitrogen functional groups attached to an aromatic ring is 1. The van der Waals surface area contributed by atoms with Crippen molar-refractivity contribution in [2.45, 2.75) is 6.61 Å². The molecule has 2 aromatic carbocycles.